The maximum Gasteiger partial charge on any atom is 0.142 e. The van der Waals surface area contributed by atoms with E-state index in [9.17, 15) is 4.79 Å². The van der Waals surface area contributed by atoms with Crippen LogP contribution in [-0.2, 0) is 10.2 Å². The minimum atomic E-state index is -0.107. The van der Waals surface area contributed by atoms with Gasteiger partial charge in [-0.3, -0.25) is 0 Å². The van der Waals surface area contributed by atoms with Gasteiger partial charge in [-0.25, -0.2) is 0 Å². The smallest absolute Gasteiger partial charge is 0.142 e. The molecule has 1 N–H and O–H groups in total. The molecule has 0 saturated carbocycles. The van der Waals surface area contributed by atoms with Crippen LogP contribution in [0.3, 0.4) is 0 Å². The van der Waals surface area contributed by atoms with Gasteiger partial charge in [0.1, 0.15) is 6.29 Å². The van der Waals surface area contributed by atoms with Gasteiger partial charge in [0.05, 0.1) is 6.04 Å². The number of anilines is 1. The topological polar surface area (TPSA) is 29.1 Å². The highest BCUT2D eigenvalue weighted by Gasteiger charge is 2.32. The van der Waals surface area contributed by atoms with Gasteiger partial charge in [-0.2, -0.15) is 0 Å². The van der Waals surface area contributed by atoms with E-state index in [1.165, 1.54) is 5.56 Å². The molecule has 0 radical (unpaired) electrons. The summed E-state index contributed by atoms with van der Waals surface area (Å²) in [5.41, 5.74) is 4.53. The second-order valence-corrected chi connectivity index (χ2v) is 6.68. The van der Waals surface area contributed by atoms with Crippen molar-refractivity contribution in [1.82, 2.24) is 0 Å². The second-order valence-electron chi connectivity index (χ2n) is 6.25. The highest BCUT2D eigenvalue weighted by molar-refractivity contribution is 6.30. The molecule has 2 aromatic carbocycles. The molecule has 108 valence electrons. The molecule has 0 aliphatic carbocycles. The third-order valence-electron chi connectivity index (χ3n) is 4.14. The van der Waals surface area contributed by atoms with E-state index in [4.69, 9.17) is 11.6 Å². The molecule has 1 unspecified atom stereocenters. The molecule has 1 aliphatic heterocycles. The van der Waals surface area contributed by atoms with Crippen LogP contribution in [0.4, 0.5) is 5.69 Å². The molecule has 0 spiro atoms. The molecule has 0 aromatic heterocycles. The summed E-state index contributed by atoms with van der Waals surface area (Å²) < 4.78 is 0. The number of hydrogen-bond acceptors (Lipinski definition) is 2. The van der Waals surface area contributed by atoms with Gasteiger partial charge < -0.3 is 10.1 Å². The quantitative estimate of drug-likeness (QED) is 0.817. The Balaban J connectivity index is 2.07. The van der Waals surface area contributed by atoms with Crippen molar-refractivity contribution in [3.8, 4) is 11.1 Å². The molecular formula is C18H18ClNO. The van der Waals surface area contributed by atoms with Crippen LogP contribution in [-0.4, -0.2) is 12.3 Å². The SMILES string of the molecule is CC1(C)CC(C=O)Nc2ccc(-c3cccc(Cl)c3)cc21. The Morgan fingerprint density at radius 2 is 1.95 bits per heavy atom. The van der Waals surface area contributed by atoms with Crippen LogP contribution in [0.5, 0.6) is 0 Å². The van der Waals surface area contributed by atoms with Gasteiger partial charge in [-0.1, -0.05) is 43.6 Å². The van der Waals surface area contributed by atoms with E-state index in [2.05, 4.69) is 43.4 Å². The Kier molecular flexibility index (Phi) is 3.50. The molecule has 1 atom stereocenters. The zero-order valence-electron chi connectivity index (χ0n) is 12.2. The van der Waals surface area contributed by atoms with Crippen molar-refractivity contribution < 1.29 is 4.79 Å². The van der Waals surface area contributed by atoms with Crippen LogP contribution in [0.15, 0.2) is 42.5 Å². The summed E-state index contributed by atoms with van der Waals surface area (Å²) in [5, 5.41) is 4.04. The molecule has 0 saturated heterocycles. The standard InChI is InChI=1S/C18H18ClNO/c1-18(2)10-15(11-21)20-17-7-6-13(9-16(17)18)12-4-3-5-14(19)8-12/h3-9,11,15,20H,10H2,1-2H3. The van der Waals surface area contributed by atoms with Gasteiger partial charge in [-0.05, 0) is 52.8 Å². The van der Waals surface area contributed by atoms with Crippen LogP contribution in [0.25, 0.3) is 11.1 Å². The van der Waals surface area contributed by atoms with Gasteiger partial charge >= 0.3 is 0 Å². The molecule has 0 amide bonds. The Hall–Kier alpha value is -1.80. The van der Waals surface area contributed by atoms with Crippen molar-refractivity contribution in [3.63, 3.8) is 0 Å². The summed E-state index contributed by atoms with van der Waals surface area (Å²) in [4.78, 5) is 11.1. The highest BCUT2D eigenvalue weighted by Crippen LogP contribution is 2.40. The zero-order chi connectivity index (χ0) is 15.0. The summed E-state index contributed by atoms with van der Waals surface area (Å²) >= 11 is 6.08. The lowest BCUT2D eigenvalue weighted by molar-refractivity contribution is -0.108. The van der Waals surface area contributed by atoms with Crippen molar-refractivity contribution in [1.29, 1.82) is 0 Å². The first-order valence-electron chi connectivity index (χ1n) is 7.12. The van der Waals surface area contributed by atoms with Crippen molar-refractivity contribution in [2.75, 3.05) is 5.32 Å². The molecule has 1 heterocycles. The monoisotopic (exact) mass is 299 g/mol. The van der Waals surface area contributed by atoms with Crippen LogP contribution < -0.4 is 5.32 Å². The van der Waals surface area contributed by atoms with Gasteiger partial charge in [0.25, 0.3) is 0 Å². The highest BCUT2D eigenvalue weighted by atomic mass is 35.5. The molecule has 3 rings (SSSR count). The van der Waals surface area contributed by atoms with E-state index in [0.717, 1.165) is 34.5 Å². The maximum absolute atomic E-state index is 11.1. The Bertz CT molecular complexity index is 693. The third-order valence-corrected chi connectivity index (χ3v) is 4.38. The molecule has 0 bridgehead atoms. The number of carbonyl (C=O) groups is 1. The Morgan fingerprint density at radius 1 is 1.19 bits per heavy atom. The van der Waals surface area contributed by atoms with Gasteiger partial charge in [0, 0.05) is 10.7 Å². The minimum absolute atomic E-state index is 0.0270. The van der Waals surface area contributed by atoms with Gasteiger partial charge in [0.2, 0.25) is 0 Å². The average molecular weight is 300 g/mol. The first-order valence-corrected chi connectivity index (χ1v) is 7.50. The fourth-order valence-electron chi connectivity index (χ4n) is 3.07. The predicted octanol–water partition coefficient (Wildman–Crippen LogP) is 4.67. The molecule has 0 fully saturated rings. The van der Waals surface area contributed by atoms with Crippen LogP contribution in [0.2, 0.25) is 5.02 Å². The number of halogens is 1. The lowest BCUT2D eigenvalue weighted by Gasteiger charge is -2.37. The lowest BCUT2D eigenvalue weighted by atomic mass is 9.75. The molecule has 2 aromatic rings. The Morgan fingerprint density at radius 3 is 2.67 bits per heavy atom. The predicted molar refractivity (Wildman–Crippen MR) is 88.0 cm³/mol. The van der Waals surface area contributed by atoms with E-state index in [1.54, 1.807) is 0 Å². The average Bonchev–Trinajstić information content (AvgIpc) is 2.46. The fraction of sp³-hybridized carbons (Fsp3) is 0.278. The van der Waals surface area contributed by atoms with E-state index < -0.39 is 0 Å². The molecule has 2 nitrogen and oxygen atoms in total. The number of benzene rings is 2. The fourth-order valence-corrected chi connectivity index (χ4v) is 3.26. The molecule has 21 heavy (non-hydrogen) atoms. The van der Waals surface area contributed by atoms with E-state index >= 15 is 0 Å². The van der Waals surface area contributed by atoms with Crippen LogP contribution >= 0.6 is 11.6 Å². The van der Waals surface area contributed by atoms with E-state index in [0.29, 0.717) is 0 Å². The minimum Gasteiger partial charge on any atom is -0.375 e. The number of fused-ring (bicyclic) bond motifs is 1. The summed E-state index contributed by atoms with van der Waals surface area (Å²) in [6, 6.07) is 14.1. The van der Waals surface area contributed by atoms with Gasteiger partial charge in [0.15, 0.2) is 0 Å². The first-order chi connectivity index (χ1) is 9.99. The van der Waals surface area contributed by atoms with Crippen molar-refractivity contribution >= 4 is 23.6 Å². The number of aldehydes is 1. The van der Waals surface area contributed by atoms with E-state index in [1.807, 2.05) is 18.2 Å². The summed E-state index contributed by atoms with van der Waals surface area (Å²) in [6.45, 7) is 4.37. The lowest BCUT2D eigenvalue weighted by Crippen LogP contribution is -2.36. The molecule has 3 heteroatoms. The zero-order valence-corrected chi connectivity index (χ0v) is 12.9. The summed E-state index contributed by atoms with van der Waals surface area (Å²) in [5.74, 6) is 0. The van der Waals surface area contributed by atoms with Crippen LogP contribution in [0, 0.1) is 0 Å². The molecular weight excluding hydrogens is 282 g/mol. The van der Waals surface area contributed by atoms with Gasteiger partial charge in [-0.15, -0.1) is 0 Å². The largest absolute Gasteiger partial charge is 0.375 e. The van der Waals surface area contributed by atoms with E-state index in [-0.39, 0.29) is 11.5 Å². The second kappa shape index (κ2) is 5.19. The summed E-state index contributed by atoms with van der Waals surface area (Å²) in [6.07, 6.45) is 1.80. The number of nitrogens with one attached hydrogen (secondary N) is 1. The first kappa shape index (κ1) is 14.2. The maximum atomic E-state index is 11.1. The summed E-state index contributed by atoms with van der Waals surface area (Å²) in [7, 11) is 0. The number of hydrogen-bond donors (Lipinski definition) is 1. The third kappa shape index (κ3) is 2.68. The normalized spacial score (nSPS) is 19.5. The number of rotatable bonds is 2. The number of carbonyl (C=O) groups excluding carboxylic acids is 1. The van der Waals surface area contributed by atoms with Crippen molar-refractivity contribution in [3.05, 3.63) is 53.1 Å². The van der Waals surface area contributed by atoms with Crippen molar-refractivity contribution in [2.45, 2.75) is 31.7 Å². The Labute approximate surface area is 130 Å². The van der Waals surface area contributed by atoms with Crippen molar-refractivity contribution in [2.24, 2.45) is 0 Å². The molecule has 1 aliphatic rings. The van der Waals surface area contributed by atoms with Crippen LogP contribution in [0.1, 0.15) is 25.8 Å².